The minimum Gasteiger partial charge on any atom is -0.364 e. The van der Waals surface area contributed by atoms with Gasteiger partial charge in [0.1, 0.15) is 10.6 Å². The molecule has 7 nitrogen and oxygen atoms in total. The molecule has 108 valence electrons. The van der Waals surface area contributed by atoms with Crippen LogP contribution < -0.4 is 11.1 Å². The molecule has 0 bridgehead atoms. The number of primary amides is 1. The first-order chi connectivity index (χ1) is 8.34. The summed E-state index contributed by atoms with van der Waals surface area (Å²) in [5, 5.41) is 3.02. The predicted octanol–water partition coefficient (Wildman–Crippen LogP) is -0.862. The van der Waals surface area contributed by atoms with Gasteiger partial charge in [-0.1, -0.05) is 0 Å². The summed E-state index contributed by atoms with van der Waals surface area (Å²) in [6.07, 6.45) is 1.40. The number of amides is 1. The van der Waals surface area contributed by atoms with Gasteiger partial charge in [-0.3, -0.25) is 4.79 Å². The standard InChI is InChI=1S/C10H16N4O3S.ClH/c1-13-6-8(3-9(13)10(11)15)18(16,17)14(2)7-4-12-5-7;/h3,6-7,12H,4-5H2,1-2H3,(H2,11,15);1H. The maximum Gasteiger partial charge on any atom is 0.265 e. The van der Waals surface area contributed by atoms with E-state index in [4.69, 9.17) is 5.73 Å². The molecule has 1 fully saturated rings. The van der Waals surface area contributed by atoms with Crippen LogP contribution in [0, 0.1) is 0 Å². The second-order valence-electron chi connectivity index (χ2n) is 4.37. The molecule has 1 amide bonds. The lowest BCUT2D eigenvalue weighted by Gasteiger charge is -2.34. The number of carbonyl (C=O) groups excluding carboxylic acids is 1. The zero-order valence-electron chi connectivity index (χ0n) is 10.7. The molecule has 0 aliphatic carbocycles. The van der Waals surface area contributed by atoms with Crippen LogP contribution in [0.25, 0.3) is 0 Å². The van der Waals surface area contributed by atoms with E-state index in [1.54, 1.807) is 7.05 Å². The number of rotatable bonds is 4. The van der Waals surface area contributed by atoms with Crippen molar-refractivity contribution >= 4 is 28.3 Å². The number of nitrogens with two attached hydrogens (primary N) is 1. The third-order valence-corrected chi connectivity index (χ3v) is 5.06. The summed E-state index contributed by atoms with van der Waals surface area (Å²) in [6.45, 7) is 1.29. The molecular formula is C10H17ClN4O3S. The molecule has 1 aliphatic rings. The van der Waals surface area contributed by atoms with Gasteiger partial charge < -0.3 is 15.6 Å². The Hall–Kier alpha value is -1.09. The molecule has 1 aliphatic heterocycles. The molecule has 2 heterocycles. The Morgan fingerprint density at radius 3 is 2.47 bits per heavy atom. The highest BCUT2D eigenvalue weighted by Crippen LogP contribution is 2.20. The van der Waals surface area contributed by atoms with Crippen molar-refractivity contribution in [3.8, 4) is 0 Å². The zero-order valence-corrected chi connectivity index (χ0v) is 12.3. The van der Waals surface area contributed by atoms with Crippen LogP contribution in [0.5, 0.6) is 0 Å². The van der Waals surface area contributed by atoms with E-state index in [0.29, 0.717) is 13.1 Å². The number of aryl methyl sites for hydroxylation is 1. The van der Waals surface area contributed by atoms with E-state index < -0.39 is 15.9 Å². The molecule has 0 atom stereocenters. The number of likely N-dealkylation sites (N-methyl/N-ethyl adjacent to an activating group) is 1. The molecule has 1 aromatic heterocycles. The van der Waals surface area contributed by atoms with Crippen LogP contribution in [0.1, 0.15) is 10.5 Å². The number of hydrogen-bond donors (Lipinski definition) is 2. The van der Waals surface area contributed by atoms with E-state index in [1.807, 2.05) is 0 Å². The summed E-state index contributed by atoms with van der Waals surface area (Å²) >= 11 is 0. The highest BCUT2D eigenvalue weighted by Gasteiger charge is 2.32. The average molecular weight is 309 g/mol. The fourth-order valence-corrected chi connectivity index (χ4v) is 3.24. The number of carbonyl (C=O) groups is 1. The van der Waals surface area contributed by atoms with Crippen molar-refractivity contribution in [1.29, 1.82) is 0 Å². The van der Waals surface area contributed by atoms with E-state index >= 15 is 0 Å². The monoisotopic (exact) mass is 308 g/mol. The largest absolute Gasteiger partial charge is 0.364 e. The fraction of sp³-hybridized carbons (Fsp3) is 0.500. The smallest absolute Gasteiger partial charge is 0.265 e. The fourth-order valence-electron chi connectivity index (χ4n) is 1.81. The van der Waals surface area contributed by atoms with Crippen LogP contribution >= 0.6 is 12.4 Å². The first kappa shape index (κ1) is 16.0. The van der Waals surface area contributed by atoms with Gasteiger partial charge in [0.15, 0.2) is 0 Å². The Morgan fingerprint density at radius 1 is 1.53 bits per heavy atom. The van der Waals surface area contributed by atoms with Gasteiger partial charge in [0.2, 0.25) is 10.0 Å². The van der Waals surface area contributed by atoms with Crippen LogP contribution in [0.15, 0.2) is 17.2 Å². The Bertz CT molecular complexity index is 580. The molecule has 1 saturated heterocycles. The lowest BCUT2D eigenvalue weighted by atomic mass is 10.2. The second kappa shape index (κ2) is 5.49. The van der Waals surface area contributed by atoms with Gasteiger partial charge in [0.25, 0.3) is 5.91 Å². The highest BCUT2D eigenvalue weighted by molar-refractivity contribution is 7.89. The van der Waals surface area contributed by atoms with Crippen molar-refractivity contribution in [2.24, 2.45) is 12.8 Å². The third kappa shape index (κ3) is 2.76. The molecule has 3 N–H and O–H groups in total. The summed E-state index contributed by atoms with van der Waals surface area (Å²) < 4.78 is 27.3. The van der Waals surface area contributed by atoms with Gasteiger partial charge in [0, 0.05) is 39.4 Å². The van der Waals surface area contributed by atoms with E-state index in [-0.39, 0.29) is 29.0 Å². The molecule has 2 rings (SSSR count). The lowest BCUT2D eigenvalue weighted by molar-refractivity contribution is 0.0992. The van der Waals surface area contributed by atoms with Crippen LogP contribution in [-0.4, -0.2) is 49.4 Å². The Kier molecular flexibility index (Phi) is 4.62. The number of nitrogens with zero attached hydrogens (tertiary/aromatic N) is 2. The topological polar surface area (TPSA) is 97.4 Å². The van der Waals surface area contributed by atoms with Crippen molar-refractivity contribution in [2.45, 2.75) is 10.9 Å². The second-order valence-corrected chi connectivity index (χ2v) is 6.37. The maximum absolute atomic E-state index is 12.3. The van der Waals surface area contributed by atoms with Gasteiger partial charge in [-0.25, -0.2) is 8.42 Å². The summed E-state index contributed by atoms with van der Waals surface area (Å²) in [7, 11) is -0.443. The number of nitrogens with one attached hydrogen (secondary N) is 1. The minimum atomic E-state index is -3.57. The van der Waals surface area contributed by atoms with E-state index in [1.165, 1.54) is 28.2 Å². The Morgan fingerprint density at radius 2 is 2.11 bits per heavy atom. The first-order valence-corrected chi connectivity index (χ1v) is 6.93. The van der Waals surface area contributed by atoms with Crippen LogP contribution in [0.3, 0.4) is 0 Å². The molecule has 1 aromatic rings. The van der Waals surface area contributed by atoms with Crippen molar-refractivity contribution in [3.63, 3.8) is 0 Å². The van der Waals surface area contributed by atoms with Crippen molar-refractivity contribution < 1.29 is 13.2 Å². The number of hydrogen-bond acceptors (Lipinski definition) is 4. The van der Waals surface area contributed by atoms with E-state index in [9.17, 15) is 13.2 Å². The van der Waals surface area contributed by atoms with Crippen molar-refractivity contribution in [1.82, 2.24) is 14.2 Å². The van der Waals surface area contributed by atoms with Crippen molar-refractivity contribution in [3.05, 3.63) is 18.0 Å². The number of halogens is 1. The van der Waals surface area contributed by atoms with Gasteiger partial charge in [0.05, 0.1) is 0 Å². The molecule has 0 radical (unpaired) electrons. The van der Waals surface area contributed by atoms with E-state index in [2.05, 4.69) is 5.32 Å². The maximum atomic E-state index is 12.3. The molecular weight excluding hydrogens is 292 g/mol. The molecule has 0 spiro atoms. The number of sulfonamides is 1. The molecule has 0 aromatic carbocycles. The summed E-state index contributed by atoms with van der Waals surface area (Å²) in [6, 6.07) is 1.27. The predicted molar refractivity (Wildman–Crippen MR) is 72.8 cm³/mol. The van der Waals surface area contributed by atoms with Crippen molar-refractivity contribution in [2.75, 3.05) is 20.1 Å². The minimum absolute atomic E-state index is 0. The molecule has 19 heavy (non-hydrogen) atoms. The first-order valence-electron chi connectivity index (χ1n) is 5.49. The Labute approximate surface area is 118 Å². The van der Waals surface area contributed by atoms with Gasteiger partial charge in [-0.15, -0.1) is 12.4 Å². The van der Waals surface area contributed by atoms with Gasteiger partial charge in [-0.2, -0.15) is 4.31 Å². The zero-order chi connectivity index (χ0) is 13.5. The molecule has 0 saturated carbocycles. The van der Waals surface area contributed by atoms with E-state index in [0.717, 1.165) is 0 Å². The van der Waals surface area contributed by atoms with Gasteiger partial charge in [-0.05, 0) is 6.07 Å². The summed E-state index contributed by atoms with van der Waals surface area (Å²) in [5.41, 5.74) is 5.34. The average Bonchev–Trinajstić information content (AvgIpc) is 2.58. The quantitative estimate of drug-likeness (QED) is 0.756. The SMILES string of the molecule is CN(C1CNC1)S(=O)(=O)c1cc(C(N)=O)n(C)c1.Cl. The van der Waals surface area contributed by atoms with Crippen LogP contribution in [-0.2, 0) is 17.1 Å². The van der Waals surface area contributed by atoms with Crippen LogP contribution in [0.4, 0.5) is 0 Å². The van der Waals surface area contributed by atoms with Crippen LogP contribution in [0.2, 0.25) is 0 Å². The Balaban J connectivity index is 0.00000180. The third-order valence-electron chi connectivity index (χ3n) is 3.18. The lowest BCUT2D eigenvalue weighted by Crippen LogP contribution is -2.57. The summed E-state index contributed by atoms with van der Waals surface area (Å²) in [5.74, 6) is -0.646. The normalized spacial score (nSPS) is 15.9. The highest BCUT2D eigenvalue weighted by atomic mass is 35.5. The van der Waals surface area contributed by atoms with Gasteiger partial charge >= 0.3 is 0 Å². The summed E-state index contributed by atoms with van der Waals surface area (Å²) in [4.78, 5) is 11.2. The molecule has 0 unspecified atom stereocenters. The molecule has 9 heteroatoms. The number of aromatic nitrogens is 1.